The summed E-state index contributed by atoms with van der Waals surface area (Å²) >= 11 is 14.4. The van der Waals surface area contributed by atoms with Gasteiger partial charge in [0.1, 0.15) is 0 Å². The maximum atomic E-state index is 8.11. The zero-order valence-corrected chi connectivity index (χ0v) is 9.31. The van der Waals surface area contributed by atoms with E-state index in [2.05, 4.69) is 0 Å². The number of alkyl halides is 3. The van der Waals surface area contributed by atoms with Gasteiger partial charge >= 0.3 is 0 Å². The summed E-state index contributed by atoms with van der Waals surface area (Å²) in [7, 11) is 0. The standard InChI is InChI=1S/C3H8O2.C2H6O.CHCl3/c1-3(5)2-4;1-2-3;2-1(3)4/h3-5H,2H2,1H3;3H,2H2,1H3;1H. The second-order valence-corrected chi connectivity index (χ2v) is 3.57. The summed E-state index contributed by atoms with van der Waals surface area (Å²) in [6.07, 6.45) is -0.560. The molecule has 3 nitrogen and oxygen atoms in total. The van der Waals surface area contributed by atoms with E-state index in [-0.39, 0.29) is 13.2 Å². The van der Waals surface area contributed by atoms with Gasteiger partial charge in [0.2, 0.25) is 0 Å². The van der Waals surface area contributed by atoms with E-state index in [0.717, 1.165) is 0 Å². The van der Waals surface area contributed by atoms with Crippen LogP contribution in [0.1, 0.15) is 13.8 Å². The van der Waals surface area contributed by atoms with Crippen molar-refractivity contribution in [2.45, 2.75) is 24.2 Å². The van der Waals surface area contributed by atoms with Gasteiger partial charge in [0, 0.05) is 6.61 Å². The van der Waals surface area contributed by atoms with E-state index in [9.17, 15) is 0 Å². The molecule has 78 valence electrons. The number of aliphatic hydroxyl groups is 3. The van der Waals surface area contributed by atoms with Crippen LogP contribution in [0.25, 0.3) is 0 Å². The molecule has 0 heterocycles. The van der Waals surface area contributed by atoms with Gasteiger partial charge in [0.25, 0.3) is 0 Å². The monoisotopic (exact) mass is 240 g/mol. The predicted octanol–water partition coefficient (Wildman–Crippen LogP) is 1.34. The molecule has 0 aliphatic heterocycles. The summed E-state index contributed by atoms with van der Waals surface area (Å²) in [5, 5.41) is 23.6. The molecule has 0 aliphatic rings. The first kappa shape index (κ1) is 18.5. The van der Waals surface area contributed by atoms with Crippen molar-refractivity contribution >= 4 is 34.8 Å². The minimum Gasteiger partial charge on any atom is -0.397 e. The molecule has 1 unspecified atom stereocenters. The second kappa shape index (κ2) is 17.7. The first-order valence-electron chi connectivity index (χ1n) is 3.24. The largest absolute Gasteiger partial charge is 0.397 e. The third-order valence-electron chi connectivity index (χ3n) is 0.264. The van der Waals surface area contributed by atoms with Crippen molar-refractivity contribution < 1.29 is 15.3 Å². The van der Waals surface area contributed by atoms with E-state index in [1.54, 1.807) is 6.92 Å². The van der Waals surface area contributed by atoms with Gasteiger partial charge in [-0.05, 0) is 13.8 Å². The van der Waals surface area contributed by atoms with Crippen LogP contribution in [-0.2, 0) is 0 Å². The third-order valence-corrected chi connectivity index (χ3v) is 0.264. The van der Waals surface area contributed by atoms with E-state index in [1.165, 1.54) is 6.92 Å². The minimum absolute atomic E-state index is 0.139. The summed E-state index contributed by atoms with van der Waals surface area (Å²) in [5.41, 5.74) is 0. The highest BCUT2D eigenvalue weighted by molar-refractivity contribution is 6.63. The molecule has 1 atom stereocenters. The average molecular weight is 242 g/mol. The molecule has 0 aliphatic carbocycles. The number of hydrogen-bond donors (Lipinski definition) is 3. The Morgan fingerprint density at radius 3 is 1.25 bits per heavy atom. The lowest BCUT2D eigenvalue weighted by molar-refractivity contribution is 0.110. The molecular formula is C6H15Cl3O3. The number of aliphatic hydroxyl groups excluding tert-OH is 3. The molecule has 0 aromatic rings. The third kappa shape index (κ3) is 135. The molecular weight excluding hydrogens is 226 g/mol. The van der Waals surface area contributed by atoms with Gasteiger partial charge in [-0.1, -0.05) is 34.8 Å². The molecule has 0 aromatic heterocycles. The van der Waals surface area contributed by atoms with Crippen molar-refractivity contribution in [3.63, 3.8) is 0 Å². The van der Waals surface area contributed by atoms with Crippen molar-refractivity contribution in [1.29, 1.82) is 0 Å². The molecule has 0 radical (unpaired) electrons. The number of hydrogen-bond acceptors (Lipinski definition) is 3. The molecule has 0 rings (SSSR count). The van der Waals surface area contributed by atoms with Crippen molar-refractivity contribution in [3.8, 4) is 0 Å². The first-order valence-corrected chi connectivity index (χ1v) is 4.55. The zero-order chi connectivity index (χ0) is 10.6. The Morgan fingerprint density at radius 1 is 1.17 bits per heavy atom. The summed E-state index contributed by atoms with van der Waals surface area (Å²) in [5.74, 6) is 0. The van der Waals surface area contributed by atoms with Crippen LogP contribution < -0.4 is 0 Å². The quantitative estimate of drug-likeness (QED) is 0.607. The number of rotatable bonds is 1. The number of halogens is 3. The van der Waals surface area contributed by atoms with Crippen molar-refractivity contribution in [3.05, 3.63) is 0 Å². The lowest BCUT2D eigenvalue weighted by Crippen LogP contribution is -2.03. The Balaban J connectivity index is -0.000000105. The topological polar surface area (TPSA) is 60.7 Å². The van der Waals surface area contributed by atoms with Crippen molar-refractivity contribution in [1.82, 2.24) is 0 Å². The summed E-state index contributed by atoms with van der Waals surface area (Å²) < 4.78 is -0.750. The fourth-order valence-corrected chi connectivity index (χ4v) is 0. The van der Waals surface area contributed by atoms with Crippen LogP contribution in [0.15, 0.2) is 0 Å². The first-order chi connectivity index (χ1) is 5.42. The molecule has 0 saturated carbocycles. The van der Waals surface area contributed by atoms with Crippen LogP contribution in [0, 0.1) is 0 Å². The highest BCUT2D eigenvalue weighted by Crippen LogP contribution is 2.03. The van der Waals surface area contributed by atoms with Crippen LogP contribution in [0.3, 0.4) is 0 Å². The maximum absolute atomic E-state index is 8.11. The lowest BCUT2D eigenvalue weighted by atomic mass is 10.5. The molecule has 0 spiro atoms. The molecule has 0 bridgehead atoms. The van der Waals surface area contributed by atoms with Gasteiger partial charge in [0.05, 0.1) is 12.7 Å². The van der Waals surface area contributed by atoms with Gasteiger partial charge < -0.3 is 15.3 Å². The Morgan fingerprint density at radius 2 is 1.25 bits per heavy atom. The van der Waals surface area contributed by atoms with Crippen LogP contribution in [0.2, 0.25) is 0 Å². The van der Waals surface area contributed by atoms with Crippen molar-refractivity contribution in [2.24, 2.45) is 0 Å². The van der Waals surface area contributed by atoms with Crippen LogP contribution in [-0.4, -0.2) is 38.9 Å². The highest BCUT2D eigenvalue weighted by atomic mass is 35.6. The average Bonchev–Trinajstić information content (AvgIpc) is 1.88. The van der Waals surface area contributed by atoms with E-state index in [1.807, 2.05) is 0 Å². The molecule has 0 saturated heterocycles. The molecule has 12 heavy (non-hydrogen) atoms. The SMILES string of the molecule is CC(O)CO.CCO.ClC(Cl)Cl. The maximum Gasteiger partial charge on any atom is 0.180 e. The summed E-state index contributed by atoms with van der Waals surface area (Å²) in [6, 6.07) is 0. The van der Waals surface area contributed by atoms with Gasteiger partial charge in [-0.15, -0.1) is 0 Å². The molecule has 6 heteroatoms. The Bertz CT molecular complexity index is 59.2. The van der Waals surface area contributed by atoms with E-state index in [4.69, 9.17) is 50.1 Å². The fraction of sp³-hybridized carbons (Fsp3) is 1.00. The van der Waals surface area contributed by atoms with E-state index >= 15 is 0 Å². The highest BCUT2D eigenvalue weighted by Gasteiger charge is 1.83. The Labute approximate surface area is 87.9 Å². The summed E-state index contributed by atoms with van der Waals surface area (Å²) in [4.78, 5) is 0. The molecule has 0 fully saturated rings. The van der Waals surface area contributed by atoms with E-state index < -0.39 is 10.4 Å². The van der Waals surface area contributed by atoms with Crippen molar-refractivity contribution in [2.75, 3.05) is 13.2 Å². The molecule has 0 aromatic carbocycles. The second-order valence-electron chi connectivity index (χ2n) is 1.60. The zero-order valence-electron chi connectivity index (χ0n) is 7.04. The normalized spacial score (nSPS) is 10.8. The van der Waals surface area contributed by atoms with Crippen LogP contribution in [0.5, 0.6) is 0 Å². The van der Waals surface area contributed by atoms with Crippen LogP contribution in [0.4, 0.5) is 0 Å². The predicted molar refractivity (Wildman–Crippen MR) is 52.9 cm³/mol. The van der Waals surface area contributed by atoms with E-state index in [0.29, 0.717) is 0 Å². The fourth-order valence-electron chi connectivity index (χ4n) is 0. The van der Waals surface area contributed by atoms with Gasteiger partial charge in [-0.3, -0.25) is 0 Å². The molecule has 0 amide bonds. The smallest absolute Gasteiger partial charge is 0.180 e. The molecule has 3 N–H and O–H groups in total. The van der Waals surface area contributed by atoms with Gasteiger partial charge in [0.15, 0.2) is 4.30 Å². The van der Waals surface area contributed by atoms with Gasteiger partial charge in [-0.25, -0.2) is 0 Å². The van der Waals surface area contributed by atoms with Gasteiger partial charge in [-0.2, -0.15) is 0 Å². The minimum atomic E-state index is -0.750. The van der Waals surface area contributed by atoms with Crippen LogP contribution >= 0.6 is 34.8 Å². The summed E-state index contributed by atoms with van der Waals surface area (Å²) in [6.45, 7) is 3.32. The Hall–Kier alpha value is 0.750. The lowest BCUT2D eigenvalue weighted by Gasteiger charge is -1.90. The Kier molecular flexibility index (Phi) is 27.4.